The van der Waals surface area contributed by atoms with Crippen molar-refractivity contribution in [3.63, 3.8) is 0 Å². The van der Waals surface area contributed by atoms with E-state index in [0.29, 0.717) is 32.4 Å². The minimum atomic E-state index is -4.84. The number of carbonyl (C=O) groups excluding carboxylic acids is 1. The van der Waals surface area contributed by atoms with Crippen LogP contribution in [0.15, 0.2) is 30.0 Å². The Morgan fingerprint density at radius 1 is 1.20 bits per heavy atom. The molecule has 1 aromatic rings. The molecule has 3 N–H and O–H groups in total. The molecule has 0 aliphatic carbocycles. The number of hydrazine groups is 1. The molecule has 1 amide bonds. The van der Waals surface area contributed by atoms with Crippen molar-refractivity contribution >= 4 is 11.6 Å². The lowest BCUT2D eigenvalue weighted by Gasteiger charge is -2.40. The standard InChI is InChI=1S/C17H18F5N5O3/c18-15(19)30-9-1-2-12(11(7-9)17(20,21)22)27-8-10-13(25-27)23-16(24-14(10)28)26-3-5-29-6-4-26/h1-2,7-8,13,15-16,23,25H,3-6H2,(H,24,28). The molecule has 13 heteroatoms. The quantitative estimate of drug-likeness (QED) is 0.613. The van der Waals surface area contributed by atoms with Crippen molar-refractivity contribution in [1.29, 1.82) is 0 Å². The van der Waals surface area contributed by atoms with E-state index in [1.54, 1.807) is 0 Å². The molecule has 0 saturated carbocycles. The van der Waals surface area contributed by atoms with Crippen LogP contribution in [0.3, 0.4) is 0 Å². The molecule has 0 spiro atoms. The van der Waals surface area contributed by atoms with Gasteiger partial charge < -0.3 is 14.8 Å². The number of alkyl halides is 5. The van der Waals surface area contributed by atoms with E-state index in [4.69, 9.17) is 4.74 Å². The normalized spacial score (nSPS) is 25.2. The average molecular weight is 435 g/mol. The first-order valence-corrected chi connectivity index (χ1v) is 9.04. The summed E-state index contributed by atoms with van der Waals surface area (Å²) < 4.78 is 74.7. The van der Waals surface area contributed by atoms with Crippen LogP contribution in [0.2, 0.25) is 0 Å². The SMILES string of the molecule is O=C1NC(N2CCOCC2)NC2NN(c3ccc(OC(F)F)cc3C(F)(F)F)C=C12. The smallest absolute Gasteiger partial charge is 0.418 e. The Morgan fingerprint density at radius 3 is 2.60 bits per heavy atom. The summed E-state index contributed by atoms with van der Waals surface area (Å²) >= 11 is 0. The summed E-state index contributed by atoms with van der Waals surface area (Å²) in [5.74, 6) is -1.05. The zero-order valence-electron chi connectivity index (χ0n) is 15.4. The number of benzene rings is 1. The fraction of sp³-hybridized carbons (Fsp3) is 0.471. The predicted octanol–water partition coefficient (Wildman–Crippen LogP) is 1.18. The zero-order chi connectivity index (χ0) is 21.5. The second kappa shape index (κ2) is 7.98. The number of hydrogen-bond acceptors (Lipinski definition) is 7. The maximum absolute atomic E-state index is 13.5. The van der Waals surface area contributed by atoms with Crippen LogP contribution in [0.4, 0.5) is 27.6 Å². The van der Waals surface area contributed by atoms with Crippen molar-refractivity contribution in [1.82, 2.24) is 21.0 Å². The molecule has 0 bridgehead atoms. The van der Waals surface area contributed by atoms with Gasteiger partial charge >= 0.3 is 12.8 Å². The first-order valence-electron chi connectivity index (χ1n) is 9.04. The number of fused-ring (bicyclic) bond motifs is 1. The van der Waals surface area contributed by atoms with Crippen molar-refractivity contribution in [3.8, 4) is 5.75 Å². The van der Waals surface area contributed by atoms with Gasteiger partial charge in [0.2, 0.25) is 0 Å². The van der Waals surface area contributed by atoms with E-state index < -0.39 is 42.5 Å². The van der Waals surface area contributed by atoms with Crippen LogP contribution < -0.4 is 25.8 Å². The third kappa shape index (κ3) is 4.19. The lowest BCUT2D eigenvalue weighted by atomic mass is 10.1. The van der Waals surface area contributed by atoms with Gasteiger partial charge in [-0.3, -0.25) is 20.0 Å². The summed E-state index contributed by atoms with van der Waals surface area (Å²) in [6, 6.07) is 2.50. The van der Waals surface area contributed by atoms with Crippen molar-refractivity contribution in [2.24, 2.45) is 0 Å². The molecule has 164 valence electrons. The highest BCUT2D eigenvalue weighted by Crippen LogP contribution is 2.40. The lowest BCUT2D eigenvalue weighted by Crippen LogP contribution is -2.68. The Labute approximate surface area is 167 Å². The molecule has 2 saturated heterocycles. The van der Waals surface area contributed by atoms with Gasteiger partial charge in [0.15, 0.2) is 0 Å². The minimum Gasteiger partial charge on any atom is -0.435 e. The third-order valence-electron chi connectivity index (χ3n) is 4.87. The summed E-state index contributed by atoms with van der Waals surface area (Å²) in [5, 5.41) is 6.93. The number of carbonyl (C=O) groups is 1. The van der Waals surface area contributed by atoms with Crippen molar-refractivity contribution in [3.05, 3.63) is 35.5 Å². The second-order valence-electron chi connectivity index (χ2n) is 6.76. The van der Waals surface area contributed by atoms with Gasteiger partial charge in [-0.15, -0.1) is 0 Å². The Bertz CT molecular complexity index is 844. The molecule has 1 aromatic carbocycles. The molecule has 8 nitrogen and oxygen atoms in total. The monoisotopic (exact) mass is 435 g/mol. The minimum absolute atomic E-state index is 0.195. The van der Waals surface area contributed by atoms with E-state index in [1.807, 2.05) is 4.90 Å². The molecule has 4 rings (SSSR count). The highest BCUT2D eigenvalue weighted by atomic mass is 19.4. The fourth-order valence-corrected chi connectivity index (χ4v) is 3.48. The number of anilines is 1. The van der Waals surface area contributed by atoms with Gasteiger partial charge in [-0.1, -0.05) is 0 Å². The highest BCUT2D eigenvalue weighted by Gasteiger charge is 2.41. The summed E-state index contributed by atoms with van der Waals surface area (Å²) in [5.41, 5.74) is 1.45. The molecule has 2 fully saturated rings. The van der Waals surface area contributed by atoms with Gasteiger partial charge in [-0.05, 0) is 18.2 Å². The zero-order valence-corrected chi connectivity index (χ0v) is 15.4. The predicted molar refractivity (Wildman–Crippen MR) is 93.0 cm³/mol. The van der Waals surface area contributed by atoms with Gasteiger partial charge in [0, 0.05) is 19.3 Å². The van der Waals surface area contributed by atoms with Crippen LogP contribution in [0.25, 0.3) is 0 Å². The molecular formula is C17H18F5N5O3. The molecule has 2 atom stereocenters. The lowest BCUT2D eigenvalue weighted by molar-refractivity contribution is -0.137. The highest BCUT2D eigenvalue weighted by molar-refractivity contribution is 5.96. The number of nitrogens with one attached hydrogen (secondary N) is 3. The maximum Gasteiger partial charge on any atom is 0.418 e. The number of nitrogens with zero attached hydrogens (tertiary/aromatic N) is 2. The molecule has 0 radical (unpaired) electrons. The Hall–Kier alpha value is -2.48. The van der Waals surface area contributed by atoms with Gasteiger partial charge in [0.1, 0.15) is 18.2 Å². The first kappa shape index (κ1) is 20.8. The van der Waals surface area contributed by atoms with Crippen molar-refractivity contribution in [2.45, 2.75) is 25.2 Å². The molecular weight excluding hydrogens is 417 g/mol. The molecule has 3 aliphatic heterocycles. The number of rotatable bonds is 4. The van der Waals surface area contributed by atoms with E-state index in [9.17, 15) is 26.7 Å². The Kier molecular flexibility index (Phi) is 5.53. The van der Waals surface area contributed by atoms with Crippen LogP contribution in [0, 0.1) is 0 Å². The number of amides is 1. The van der Waals surface area contributed by atoms with E-state index in [0.717, 1.165) is 17.1 Å². The third-order valence-corrected chi connectivity index (χ3v) is 4.87. The number of morpholine rings is 1. The second-order valence-corrected chi connectivity index (χ2v) is 6.76. The van der Waals surface area contributed by atoms with Gasteiger partial charge in [-0.25, -0.2) is 5.43 Å². The van der Waals surface area contributed by atoms with Gasteiger partial charge in [0.25, 0.3) is 5.91 Å². The van der Waals surface area contributed by atoms with Crippen LogP contribution in [0.1, 0.15) is 5.56 Å². The van der Waals surface area contributed by atoms with E-state index in [2.05, 4.69) is 20.8 Å². The average Bonchev–Trinajstić information content (AvgIpc) is 3.12. The number of halogens is 5. The van der Waals surface area contributed by atoms with Crippen LogP contribution >= 0.6 is 0 Å². The summed E-state index contributed by atoms with van der Waals surface area (Å²) in [4.78, 5) is 14.4. The van der Waals surface area contributed by atoms with E-state index >= 15 is 0 Å². The number of hydrogen-bond donors (Lipinski definition) is 3. The molecule has 3 aliphatic rings. The Morgan fingerprint density at radius 2 is 1.93 bits per heavy atom. The summed E-state index contributed by atoms with van der Waals surface area (Å²) in [6.45, 7) is -1.09. The van der Waals surface area contributed by atoms with Crippen molar-refractivity contribution < 1.29 is 36.2 Å². The maximum atomic E-state index is 13.5. The summed E-state index contributed by atoms with van der Waals surface area (Å²) in [7, 11) is 0. The van der Waals surface area contributed by atoms with Gasteiger partial charge in [0.05, 0.1) is 30.0 Å². The molecule has 0 aromatic heterocycles. The molecule has 30 heavy (non-hydrogen) atoms. The summed E-state index contributed by atoms with van der Waals surface area (Å²) in [6.07, 6.45) is -4.85. The molecule has 3 heterocycles. The van der Waals surface area contributed by atoms with E-state index in [1.165, 1.54) is 6.20 Å². The van der Waals surface area contributed by atoms with Crippen LogP contribution in [-0.4, -0.2) is 56.2 Å². The fourth-order valence-electron chi connectivity index (χ4n) is 3.48. The van der Waals surface area contributed by atoms with Crippen LogP contribution in [0.5, 0.6) is 5.75 Å². The first-order chi connectivity index (χ1) is 14.2. The van der Waals surface area contributed by atoms with Crippen molar-refractivity contribution in [2.75, 3.05) is 31.3 Å². The largest absolute Gasteiger partial charge is 0.435 e. The number of ether oxygens (including phenoxy) is 2. The van der Waals surface area contributed by atoms with Gasteiger partial charge in [-0.2, -0.15) is 22.0 Å². The topological polar surface area (TPSA) is 78.1 Å². The van der Waals surface area contributed by atoms with Crippen LogP contribution in [-0.2, 0) is 15.7 Å². The Balaban J connectivity index is 1.57. The van der Waals surface area contributed by atoms with E-state index in [-0.39, 0.29) is 11.3 Å². The molecule has 2 unspecified atom stereocenters.